The Labute approximate surface area is 786 Å². The van der Waals surface area contributed by atoms with Crippen molar-refractivity contribution in [1.29, 1.82) is 0 Å². The Hall–Kier alpha value is -12.4. The van der Waals surface area contributed by atoms with Crippen molar-refractivity contribution in [1.82, 2.24) is 120 Å². The number of hydrogen-bond acceptors (Lipinski definition) is 24. The summed E-state index contributed by atoms with van der Waals surface area (Å²) in [6, 6.07) is 69.1. The fourth-order valence-corrected chi connectivity index (χ4v) is 30.9. The molecular formula is C104H120N32. The van der Waals surface area contributed by atoms with Gasteiger partial charge in [-0.05, 0) is 196 Å². The van der Waals surface area contributed by atoms with E-state index in [-0.39, 0.29) is 192 Å². The molecule has 13 heterocycles. The summed E-state index contributed by atoms with van der Waals surface area (Å²) >= 11 is 0. The molecule has 8 saturated carbocycles. The summed E-state index contributed by atoms with van der Waals surface area (Å²) in [5, 5.41) is 39.0. The molecule has 32 heteroatoms. The van der Waals surface area contributed by atoms with E-state index in [4.69, 9.17) is 82.4 Å². The molecule has 16 N–H and O–H groups in total. The zero-order valence-electron chi connectivity index (χ0n) is 76.0. The first-order valence-corrected chi connectivity index (χ1v) is 51.0. The van der Waals surface area contributed by atoms with Crippen LogP contribution in [0.3, 0.4) is 0 Å². The molecule has 5 aliphatic heterocycles. The van der Waals surface area contributed by atoms with Crippen LogP contribution in [0, 0.1) is 94.7 Å². The molecular weight excluding hydrogens is 1700 g/mol. The summed E-state index contributed by atoms with van der Waals surface area (Å²) in [5.74, 6) is 1.18. The van der Waals surface area contributed by atoms with Gasteiger partial charge in [-0.25, -0.2) is 77.3 Å². The van der Waals surface area contributed by atoms with Crippen LogP contribution < -0.4 is 85.9 Å². The van der Waals surface area contributed by atoms with Crippen LogP contribution in [0.1, 0.15) is 103 Å². The van der Waals surface area contributed by atoms with Crippen LogP contribution >= 0.6 is 0 Å². The minimum Gasteiger partial charge on any atom is -0.321 e. The number of fused-ring (bicyclic) bond motifs is 32. The predicted molar refractivity (Wildman–Crippen MR) is 528 cm³/mol. The Bertz CT molecular complexity index is 5860. The van der Waals surface area contributed by atoms with E-state index in [0.717, 1.165) is 191 Å². The monoisotopic (exact) mass is 1820 g/mol. The highest BCUT2D eigenvalue weighted by Gasteiger charge is 2.69. The van der Waals surface area contributed by atoms with E-state index >= 15 is 0 Å². The topological polar surface area (TPSA) is 335 Å². The zero-order valence-corrected chi connectivity index (χ0v) is 76.0. The van der Waals surface area contributed by atoms with Crippen molar-refractivity contribution in [2.45, 2.75) is 200 Å². The fourth-order valence-electron chi connectivity index (χ4n) is 30.9. The van der Waals surface area contributed by atoms with Gasteiger partial charge in [0.1, 0.15) is 50.6 Å². The first-order chi connectivity index (χ1) is 67.4. The van der Waals surface area contributed by atoms with Gasteiger partial charge in [0, 0.05) is 47.3 Å². The molecule has 29 rings (SSSR count). The zero-order chi connectivity index (χ0) is 88.9. The average Bonchev–Trinajstić information content (AvgIpc) is 1.54. The molecule has 8 bridgehead atoms. The molecule has 696 valence electrons. The van der Waals surface area contributed by atoms with Gasteiger partial charge in [0.05, 0.1) is 186 Å². The Balaban J connectivity index is 0.672. The van der Waals surface area contributed by atoms with Crippen molar-refractivity contribution in [3.05, 3.63) is 245 Å². The standard InChI is InChI=1S/C104H120N32/c1-2-26-58-57(25-1)89(121-129-49-105-65-33-9-17-41-73(65)129)81-82(90(58)122-130-50-106-66-34-10-18-42-74(66)130)98-113-97(81)117-99-83-84(92(124-132-52-108-68-36-12-20-44-76(68)132)60-28-4-3-27-59(60)91(83)123-131-51-107-67-35-11-19-43-75(67)131)101(114-99)119-103-87-88(96(128-136-56-112-72-40-16-24-48-80(72)136)64-32-8-7-31-63(64)95(87)127-135-55-111-71-39-15-23-47-79(71)135)104(116-103)120-102-86-85(100(115-102)118-98)93(125-133-53-109-69-37-13-21-45-77(69)133)61-29-5-6-30-62(61)94(86)126-134-54-110-70-38-14-22-46-78(70)134/h9-24,33-64,81-104,113-128H,1-8,25-32H2. The lowest BCUT2D eigenvalue weighted by Gasteiger charge is -2.55. The van der Waals surface area contributed by atoms with Gasteiger partial charge in [-0.2, -0.15) is 0 Å². The highest BCUT2D eigenvalue weighted by molar-refractivity contribution is 5.80. The van der Waals surface area contributed by atoms with Crippen LogP contribution in [0.25, 0.3) is 88.3 Å². The maximum atomic E-state index is 5.21. The lowest BCUT2D eigenvalue weighted by molar-refractivity contribution is 0.0141. The molecule has 24 unspecified atom stereocenters. The van der Waals surface area contributed by atoms with Gasteiger partial charge in [0.25, 0.3) is 0 Å². The van der Waals surface area contributed by atoms with Gasteiger partial charge in [-0.1, -0.05) is 148 Å². The number of rotatable bonds is 16. The average molecular weight is 1820 g/mol. The van der Waals surface area contributed by atoms with Gasteiger partial charge >= 0.3 is 0 Å². The molecule has 13 aliphatic rings. The third kappa shape index (κ3) is 13.1. The molecule has 32 nitrogen and oxygen atoms in total. The fraction of sp³-hybridized carbons (Fsp3) is 0.462. The van der Waals surface area contributed by atoms with Crippen LogP contribution in [-0.2, 0) is 0 Å². The maximum Gasteiger partial charge on any atom is 0.115 e. The number of aromatic nitrogens is 16. The highest BCUT2D eigenvalue weighted by atomic mass is 15.5. The van der Waals surface area contributed by atoms with Gasteiger partial charge in [-0.15, -0.1) is 0 Å². The van der Waals surface area contributed by atoms with E-state index in [1.54, 1.807) is 0 Å². The van der Waals surface area contributed by atoms with Crippen LogP contribution in [-0.4, -0.2) is 175 Å². The molecule has 16 aromatic rings. The molecule has 8 aromatic carbocycles. The van der Waals surface area contributed by atoms with Gasteiger partial charge in [0.2, 0.25) is 0 Å². The smallest absolute Gasteiger partial charge is 0.115 e. The van der Waals surface area contributed by atoms with Crippen molar-refractivity contribution in [2.75, 3.05) is 43.4 Å². The van der Waals surface area contributed by atoms with Crippen molar-refractivity contribution in [2.24, 2.45) is 94.7 Å². The lowest BCUT2D eigenvalue weighted by Crippen LogP contribution is -2.67. The molecule has 13 fully saturated rings. The second kappa shape index (κ2) is 32.7. The SMILES string of the molecule is c1ccc2c(c1)ncn2NC1C2CCCCC2C(Nn2cnc3ccccc32)C2C3NC(NC4NC(NC5NC(NC6NC(N3)C3C(Nn7cnc8ccccc87)C7CCCCC7C(Nn7cnc8ccccc87)C63)C3C(Nn6cnc7ccccc76)C6CCCCC6C(Nn6cnc7ccccc76)C53)C3C(Nn5cnc6ccccc65)C5CCCCC5C(Nn5cnc6ccccc65)C43)C12. The molecule has 0 amide bonds. The minimum atomic E-state index is -0.325. The first-order valence-electron chi connectivity index (χ1n) is 51.0. The molecule has 8 aliphatic carbocycles. The minimum absolute atomic E-state index is 0.0654. The number of hydrogen-bond donors (Lipinski definition) is 16. The van der Waals surface area contributed by atoms with Gasteiger partial charge < -0.3 is 43.4 Å². The van der Waals surface area contributed by atoms with Crippen LogP contribution in [0.4, 0.5) is 0 Å². The summed E-state index contributed by atoms with van der Waals surface area (Å²) in [4.78, 5) is 41.7. The van der Waals surface area contributed by atoms with Gasteiger partial charge in [0.15, 0.2) is 0 Å². The third-order valence-corrected chi connectivity index (χ3v) is 36.2. The van der Waals surface area contributed by atoms with E-state index in [0.29, 0.717) is 0 Å². The van der Waals surface area contributed by atoms with Crippen LogP contribution in [0.15, 0.2) is 245 Å². The Kier molecular flexibility index (Phi) is 19.4. The lowest BCUT2D eigenvalue weighted by atomic mass is 9.57. The number of nitrogens with zero attached hydrogens (tertiary/aromatic N) is 16. The van der Waals surface area contributed by atoms with E-state index < -0.39 is 0 Å². The molecule has 136 heavy (non-hydrogen) atoms. The summed E-state index contributed by atoms with van der Waals surface area (Å²) < 4.78 is 18.4. The number of imidazole rings is 8. The Morgan fingerprint density at radius 1 is 0.169 bits per heavy atom. The van der Waals surface area contributed by atoms with Crippen molar-refractivity contribution >= 4 is 88.3 Å². The number of nitrogens with one attached hydrogen (secondary N) is 16. The van der Waals surface area contributed by atoms with E-state index in [2.05, 4.69) is 326 Å². The predicted octanol–water partition coefficient (Wildman–Crippen LogP) is 11.3. The molecule has 24 atom stereocenters. The quantitative estimate of drug-likeness (QED) is 0.0427. The summed E-state index contributed by atoms with van der Waals surface area (Å²) in [7, 11) is 0. The number of benzene rings is 8. The van der Waals surface area contributed by atoms with Crippen LogP contribution in [0.2, 0.25) is 0 Å². The normalized spacial score (nSPS) is 36.1. The second-order valence-corrected chi connectivity index (χ2v) is 42.3. The summed E-state index contributed by atoms with van der Waals surface area (Å²) in [6.07, 6.45) is 31.5. The summed E-state index contributed by atoms with van der Waals surface area (Å²) in [6.45, 7) is 0. The summed E-state index contributed by atoms with van der Waals surface area (Å²) in [5.41, 5.74) is 52.5. The largest absolute Gasteiger partial charge is 0.321 e. The number of para-hydroxylation sites is 16. The Morgan fingerprint density at radius 2 is 0.287 bits per heavy atom. The third-order valence-electron chi connectivity index (χ3n) is 36.2. The second-order valence-electron chi connectivity index (χ2n) is 42.3. The van der Waals surface area contributed by atoms with E-state index in [1.165, 1.54) is 0 Å². The Morgan fingerprint density at radius 3 is 0.412 bits per heavy atom. The highest BCUT2D eigenvalue weighted by Crippen LogP contribution is 2.58. The van der Waals surface area contributed by atoms with Crippen molar-refractivity contribution in [3.63, 3.8) is 0 Å². The molecule has 0 spiro atoms. The molecule has 0 radical (unpaired) electrons. The molecule has 5 saturated heterocycles. The van der Waals surface area contributed by atoms with Crippen molar-refractivity contribution in [3.8, 4) is 0 Å². The van der Waals surface area contributed by atoms with Crippen LogP contribution in [0.5, 0.6) is 0 Å². The maximum absolute atomic E-state index is 5.21. The van der Waals surface area contributed by atoms with Crippen molar-refractivity contribution < 1.29 is 0 Å². The molecule has 8 aromatic heterocycles. The first kappa shape index (κ1) is 80.8. The van der Waals surface area contributed by atoms with E-state index in [9.17, 15) is 0 Å². The van der Waals surface area contributed by atoms with E-state index in [1.807, 2.05) is 0 Å². The van der Waals surface area contributed by atoms with Gasteiger partial charge in [-0.3, -0.25) is 42.5 Å².